The number of halogens is 1. The molecule has 3 N–H and O–H groups in total. The number of nitrogens with two attached hydrogens (primary N) is 1. The van der Waals surface area contributed by atoms with Crippen LogP contribution in [0.3, 0.4) is 0 Å². The number of ether oxygens (including phenoxy) is 1. The molecule has 1 heterocycles. The highest BCUT2D eigenvalue weighted by Gasteiger charge is 2.58. The lowest BCUT2D eigenvalue weighted by Crippen LogP contribution is -2.40. The summed E-state index contributed by atoms with van der Waals surface area (Å²) in [7, 11) is 1.51. The van der Waals surface area contributed by atoms with Gasteiger partial charge in [-0.3, -0.25) is 19.3 Å². The van der Waals surface area contributed by atoms with Crippen molar-refractivity contribution in [3.8, 4) is 0 Å². The lowest BCUT2D eigenvalue weighted by molar-refractivity contribution is -0.141. The highest BCUT2D eigenvalue weighted by molar-refractivity contribution is 6.06. The smallest absolute Gasteiger partial charge is 0.233 e. The number of imide groups is 1. The number of nitrogens with zero attached hydrogens (tertiary/aromatic N) is 1. The summed E-state index contributed by atoms with van der Waals surface area (Å²) in [5.41, 5.74) is 5.47. The molecule has 0 aromatic rings. The van der Waals surface area contributed by atoms with Crippen molar-refractivity contribution in [2.45, 2.75) is 18.9 Å². The van der Waals surface area contributed by atoms with E-state index in [2.05, 4.69) is 17.5 Å². The van der Waals surface area contributed by atoms with E-state index in [1.54, 1.807) is 0 Å². The van der Waals surface area contributed by atoms with Gasteiger partial charge >= 0.3 is 0 Å². The third-order valence-electron chi connectivity index (χ3n) is 5.23. The highest BCUT2D eigenvalue weighted by Crippen LogP contribution is 2.52. The first-order valence-corrected chi connectivity index (χ1v) is 8.10. The van der Waals surface area contributed by atoms with E-state index < -0.39 is 0 Å². The summed E-state index contributed by atoms with van der Waals surface area (Å²) in [4.78, 5) is 38.0. The normalized spacial score (nSPS) is 31.2. The molecule has 134 valence electrons. The molecule has 5 unspecified atom stereocenters. The van der Waals surface area contributed by atoms with E-state index >= 15 is 0 Å². The van der Waals surface area contributed by atoms with Crippen LogP contribution in [0, 0.1) is 23.7 Å². The minimum absolute atomic E-state index is 0. The molecular formula is C16H24ClN3O4. The minimum Gasteiger partial charge on any atom is -0.380 e. The number of allylic oxidation sites excluding steroid dienone is 2. The van der Waals surface area contributed by atoms with Crippen LogP contribution in [0.15, 0.2) is 12.2 Å². The van der Waals surface area contributed by atoms with Crippen LogP contribution < -0.4 is 11.1 Å². The number of rotatable bonds is 7. The molecule has 0 aromatic carbocycles. The van der Waals surface area contributed by atoms with Crippen LogP contribution in [0.4, 0.5) is 0 Å². The van der Waals surface area contributed by atoms with Crippen molar-refractivity contribution < 1.29 is 19.1 Å². The Kier molecular flexibility index (Phi) is 6.01. The number of amides is 3. The van der Waals surface area contributed by atoms with Gasteiger partial charge in [-0.2, -0.15) is 0 Å². The van der Waals surface area contributed by atoms with Crippen molar-refractivity contribution in [2.75, 3.05) is 26.7 Å². The van der Waals surface area contributed by atoms with Gasteiger partial charge in [-0.05, 0) is 18.3 Å². The minimum atomic E-state index is -0.314. The molecular weight excluding hydrogens is 334 g/mol. The maximum Gasteiger partial charge on any atom is 0.233 e. The second kappa shape index (κ2) is 7.63. The number of methoxy groups -OCH3 is 1. The topological polar surface area (TPSA) is 102 Å². The molecule has 5 atom stereocenters. The quantitative estimate of drug-likeness (QED) is 0.481. The molecule has 1 aliphatic heterocycles. The second-order valence-electron chi connectivity index (χ2n) is 6.48. The average Bonchev–Trinajstić information content (AvgIpc) is 3.21. The zero-order valence-corrected chi connectivity index (χ0v) is 14.5. The van der Waals surface area contributed by atoms with Gasteiger partial charge in [0.1, 0.15) is 0 Å². The van der Waals surface area contributed by atoms with Crippen molar-refractivity contribution in [1.82, 2.24) is 10.2 Å². The Morgan fingerprint density at radius 1 is 1.33 bits per heavy atom. The number of likely N-dealkylation sites (tertiary alicyclic amines) is 1. The molecule has 0 spiro atoms. The summed E-state index contributed by atoms with van der Waals surface area (Å²) in [6, 6.07) is 0. The van der Waals surface area contributed by atoms with E-state index in [1.807, 2.05) is 0 Å². The maximum absolute atomic E-state index is 12.5. The average molecular weight is 358 g/mol. The zero-order chi connectivity index (χ0) is 16.6. The van der Waals surface area contributed by atoms with Crippen LogP contribution in [0.2, 0.25) is 0 Å². The van der Waals surface area contributed by atoms with Gasteiger partial charge in [0.2, 0.25) is 17.7 Å². The summed E-state index contributed by atoms with van der Waals surface area (Å²) in [6.07, 6.45) is 4.93. The summed E-state index contributed by atoms with van der Waals surface area (Å²) in [6.45, 7) is 0.766. The summed E-state index contributed by atoms with van der Waals surface area (Å²) >= 11 is 0. The van der Waals surface area contributed by atoms with Gasteiger partial charge < -0.3 is 15.8 Å². The Morgan fingerprint density at radius 2 is 1.92 bits per heavy atom. The summed E-state index contributed by atoms with van der Waals surface area (Å²) < 4.78 is 5.05. The zero-order valence-electron chi connectivity index (χ0n) is 13.6. The fraction of sp³-hybridized carbons (Fsp3) is 0.688. The SMILES string of the molecule is COC(CN)CC(=O)NCCN1C(=O)C2C3C=CC(C3)C2C1=O.Cl. The van der Waals surface area contributed by atoms with Gasteiger partial charge in [0, 0.05) is 26.7 Å². The van der Waals surface area contributed by atoms with Gasteiger partial charge in [-0.25, -0.2) is 0 Å². The monoisotopic (exact) mass is 357 g/mol. The van der Waals surface area contributed by atoms with Crippen molar-refractivity contribution in [2.24, 2.45) is 29.4 Å². The molecule has 7 nitrogen and oxygen atoms in total. The molecule has 2 bridgehead atoms. The molecule has 0 radical (unpaired) electrons. The first-order valence-electron chi connectivity index (χ1n) is 8.10. The predicted octanol–water partition coefficient (Wildman–Crippen LogP) is -0.305. The number of carbonyl (C=O) groups is 3. The van der Waals surface area contributed by atoms with Crippen LogP contribution in [0.5, 0.6) is 0 Å². The van der Waals surface area contributed by atoms with Crippen molar-refractivity contribution in [3.05, 3.63) is 12.2 Å². The number of hydrogen-bond donors (Lipinski definition) is 2. The van der Waals surface area contributed by atoms with Gasteiger partial charge in [-0.15, -0.1) is 12.4 Å². The Balaban J connectivity index is 0.00000208. The number of carbonyl (C=O) groups excluding carboxylic acids is 3. The van der Waals surface area contributed by atoms with Crippen LogP contribution in [0.1, 0.15) is 12.8 Å². The van der Waals surface area contributed by atoms with Crippen molar-refractivity contribution >= 4 is 30.1 Å². The second-order valence-corrected chi connectivity index (χ2v) is 6.48. The van der Waals surface area contributed by atoms with E-state index in [1.165, 1.54) is 12.0 Å². The van der Waals surface area contributed by atoms with E-state index in [9.17, 15) is 14.4 Å². The first kappa shape index (κ1) is 18.9. The molecule has 3 rings (SSSR count). The lowest BCUT2D eigenvalue weighted by Gasteiger charge is -2.18. The summed E-state index contributed by atoms with van der Waals surface area (Å²) in [5, 5.41) is 2.72. The number of nitrogens with one attached hydrogen (secondary N) is 1. The lowest BCUT2D eigenvalue weighted by atomic mass is 9.85. The van der Waals surface area contributed by atoms with Gasteiger partial charge in [0.25, 0.3) is 0 Å². The van der Waals surface area contributed by atoms with E-state index in [0.29, 0.717) is 0 Å². The molecule has 8 heteroatoms. The Morgan fingerprint density at radius 3 is 2.42 bits per heavy atom. The molecule has 1 saturated carbocycles. The van der Waals surface area contributed by atoms with Crippen molar-refractivity contribution in [1.29, 1.82) is 0 Å². The molecule has 2 fully saturated rings. The first-order chi connectivity index (χ1) is 11.1. The van der Waals surface area contributed by atoms with Crippen molar-refractivity contribution in [3.63, 3.8) is 0 Å². The fourth-order valence-electron chi connectivity index (χ4n) is 4.03. The standard InChI is InChI=1S/C16H23N3O4.ClH/c1-23-11(8-17)7-12(20)18-4-5-19-15(21)13-9-2-3-10(6-9)14(13)16(19)22;/h2-3,9-11,13-14H,4-8,17H2,1H3,(H,18,20);1H. The Hall–Kier alpha value is -1.44. The Labute approximate surface area is 147 Å². The van der Waals surface area contributed by atoms with Crippen LogP contribution in [0.25, 0.3) is 0 Å². The molecule has 1 saturated heterocycles. The third-order valence-corrected chi connectivity index (χ3v) is 5.23. The van der Waals surface area contributed by atoms with E-state index in [4.69, 9.17) is 10.5 Å². The van der Waals surface area contributed by atoms with Crippen LogP contribution in [-0.2, 0) is 19.1 Å². The Bertz CT molecular complexity index is 519. The van der Waals surface area contributed by atoms with Crippen LogP contribution >= 0.6 is 12.4 Å². The number of hydrogen-bond acceptors (Lipinski definition) is 5. The van der Waals surface area contributed by atoms with E-state index in [0.717, 1.165) is 6.42 Å². The highest BCUT2D eigenvalue weighted by atomic mass is 35.5. The predicted molar refractivity (Wildman–Crippen MR) is 89.2 cm³/mol. The maximum atomic E-state index is 12.5. The van der Waals surface area contributed by atoms with Crippen LogP contribution in [-0.4, -0.2) is 55.5 Å². The molecule has 3 aliphatic rings. The van der Waals surface area contributed by atoms with Gasteiger partial charge in [0.05, 0.1) is 24.4 Å². The summed E-state index contributed by atoms with van der Waals surface area (Å²) in [5.74, 6) is -0.276. The van der Waals surface area contributed by atoms with Gasteiger partial charge in [-0.1, -0.05) is 12.2 Å². The fourth-order valence-corrected chi connectivity index (χ4v) is 4.03. The van der Waals surface area contributed by atoms with Gasteiger partial charge in [0.15, 0.2) is 0 Å². The third kappa shape index (κ3) is 3.20. The van der Waals surface area contributed by atoms with E-state index in [-0.39, 0.29) is 86.0 Å². The molecule has 3 amide bonds. The molecule has 0 aromatic heterocycles. The molecule has 24 heavy (non-hydrogen) atoms. The number of fused-ring (bicyclic) bond motifs is 5. The largest absolute Gasteiger partial charge is 0.380 e. The molecule has 2 aliphatic carbocycles.